The van der Waals surface area contributed by atoms with Crippen LogP contribution in [-0.4, -0.2) is 48.0 Å². The molecule has 3 aromatic heterocycles. The van der Waals surface area contributed by atoms with Gasteiger partial charge < -0.3 is 10.4 Å². The molecular formula is C16H21N7O. The number of aliphatic hydroxyl groups is 1. The average molecular weight is 327 g/mol. The summed E-state index contributed by atoms with van der Waals surface area (Å²) < 4.78 is 1.58. The Morgan fingerprint density at radius 3 is 2.54 bits per heavy atom. The minimum atomic E-state index is -0.157. The molecule has 24 heavy (non-hydrogen) atoms. The molecule has 0 aliphatic rings. The lowest BCUT2D eigenvalue weighted by Crippen LogP contribution is -2.32. The highest BCUT2D eigenvalue weighted by atomic mass is 16.3. The SMILES string of the molecule is CCC(CC)(CO)CNc1ncnc2c1cnn2-c1ncccn1. The van der Waals surface area contributed by atoms with Crippen LogP contribution >= 0.6 is 0 Å². The third-order valence-electron chi connectivity index (χ3n) is 4.57. The highest BCUT2D eigenvalue weighted by molar-refractivity contribution is 5.86. The second-order valence-corrected chi connectivity index (χ2v) is 5.78. The topological polar surface area (TPSA) is 102 Å². The Labute approximate surface area is 140 Å². The smallest absolute Gasteiger partial charge is 0.252 e. The van der Waals surface area contributed by atoms with Gasteiger partial charge in [-0.3, -0.25) is 0 Å². The second kappa shape index (κ2) is 6.88. The van der Waals surface area contributed by atoms with Crippen molar-refractivity contribution >= 4 is 16.9 Å². The minimum absolute atomic E-state index is 0.137. The Morgan fingerprint density at radius 2 is 1.88 bits per heavy atom. The highest BCUT2D eigenvalue weighted by Gasteiger charge is 2.25. The van der Waals surface area contributed by atoms with E-state index in [2.05, 4.69) is 44.2 Å². The molecule has 0 fully saturated rings. The van der Waals surface area contributed by atoms with Gasteiger partial charge in [0, 0.05) is 24.4 Å². The van der Waals surface area contributed by atoms with E-state index in [-0.39, 0.29) is 12.0 Å². The van der Waals surface area contributed by atoms with Gasteiger partial charge in [-0.15, -0.1) is 0 Å². The van der Waals surface area contributed by atoms with Crippen LogP contribution in [0.25, 0.3) is 17.0 Å². The van der Waals surface area contributed by atoms with Gasteiger partial charge in [-0.05, 0) is 18.9 Å². The summed E-state index contributed by atoms with van der Waals surface area (Å²) in [4.78, 5) is 17.0. The Kier molecular flexibility index (Phi) is 4.66. The lowest BCUT2D eigenvalue weighted by molar-refractivity contribution is 0.127. The monoisotopic (exact) mass is 327 g/mol. The van der Waals surface area contributed by atoms with Gasteiger partial charge in [-0.25, -0.2) is 19.9 Å². The molecule has 3 aromatic rings. The van der Waals surface area contributed by atoms with Gasteiger partial charge in [0.1, 0.15) is 12.1 Å². The molecule has 3 heterocycles. The molecule has 8 nitrogen and oxygen atoms in total. The number of anilines is 1. The molecule has 0 aliphatic carbocycles. The maximum absolute atomic E-state index is 9.71. The summed E-state index contributed by atoms with van der Waals surface area (Å²) in [5, 5.41) is 18.2. The van der Waals surface area contributed by atoms with Gasteiger partial charge in [0.15, 0.2) is 5.65 Å². The first-order chi connectivity index (χ1) is 11.7. The second-order valence-electron chi connectivity index (χ2n) is 5.78. The molecule has 3 rings (SSSR count). The molecule has 0 amide bonds. The van der Waals surface area contributed by atoms with Crippen LogP contribution in [0.5, 0.6) is 0 Å². The summed E-state index contributed by atoms with van der Waals surface area (Å²) in [7, 11) is 0. The van der Waals surface area contributed by atoms with Gasteiger partial charge in [0.05, 0.1) is 18.2 Å². The van der Waals surface area contributed by atoms with Crippen molar-refractivity contribution in [2.45, 2.75) is 26.7 Å². The highest BCUT2D eigenvalue weighted by Crippen LogP contribution is 2.27. The summed E-state index contributed by atoms with van der Waals surface area (Å²) in [5.74, 6) is 1.16. The standard InChI is InChI=1S/C16H21N7O/c1-3-16(4-2,10-24)9-19-13-12-8-22-23(14(12)21-11-20-13)15-17-6-5-7-18-15/h5-8,11,24H,3-4,9-10H2,1-2H3,(H,19,20,21). The normalized spacial score (nSPS) is 11.8. The quantitative estimate of drug-likeness (QED) is 0.682. The fourth-order valence-corrected chi connectivity index (χ4v) is 2.58. The Balaban J connectivity index is 1.92. The molecule has 8 heteroatoms. The molecule has 0 bridgehead atoms. The molecule has 0 aromatic carbocycles. The first-order valence-corrected chi connectivity index (χ1v) is 8.04. The van der Waals surface area contributed by atoms with Crippen molar-refractivity contribution in [3.05, 3.63) is 31.0 Å². The number of rotatable bonds is 7. The van der Waals surface area contributed by atoms with Gasteiger partial charge in [0.25, 0.3) is 5.95 Å². The third-order valence-corrected chi connectivity index (χ3v) is 4.57. The van der Waals surface area contributed by atoms with Gasteiger partial charge >= 0.3 is 0 Å². The number of aromatic nitrogens is 6. The van der Waals surface area contributed by atoms with Crippen LogP contribution in [0.4, 0.5) is 5.82 Å². The van der Waals surface area contributed by atoms with Crippen molar-refractivity contribution in [1.29, 1.82) is 0 Å². The molecular weight excluding hydrogens is 306 g/mol. The molecule has 0 saturated carbocycles. The molecule has 0 unspecified atom stereocenters. The van der Waals surface area contributed by atoms with Crippen LogP contribution in [0.3, 0.4) is 0 Å². The van der Waals surface area contributed by atoms with Gasteiger partial charge in [-0.1, -0.05) is 13.8 Å². The molecule has 0 aliphatic heterocycles. The summed E-state index contributed by atoms with van der Waals surface area (Å²) >= 11 is 0. The number of hydrogen-bond donors (Lipinski definition) is 2. The number of aliphatic hydroxyl groups excluding tert-OH is 1. The first kappa shape index (κ1) is 16.3. The maximum atomic E-state index is 9.71. The van der Waals surface area contributed by atoms with E-state index in [9.17, 15) is 5.11 Å². The van der Waals surface area contributed by atoms with Crippen LogP contribution in [0.2, 0.25) is 0 Å². The van der Waals surface area contributed by atoms with E-state index in [0.29, 0.717) is 24.0 Å². The Morgan fingerprint density at radius 1 is 1.12 bits per heavy atom. The van der Waals surface area contributed by atoms with Crippen molar-refractivity contribution in [2.75, 3.05) is 18.5 Å². The minimum Gasteiger partial charge on any atom is -0.396 e. The van der Waals surface area contributed by atoms with Gasteiger partial charge in [-0.2, -0.15) is 9.78 Å². The Bertz CT molecular complexity index is 790. The van der Waals surface area contributed by atoms with Crippen LogP contribution in [0.1, 0.15) is 26.7 Å². The summed E-state index contributed by atoms with van der Waals surface area (Å²) in [6, 6.07) is 1.75. The maximum Gasteiger partial charge on any atom is 0.252 e. The van der Waals surface area contributed by atoms with E-state index < -0.39 is 0 Å². The lowest BCUT2D eigenvalue weighted by Gasteiger charge is -2.29. The van der Waals surface area contributed by atoms with Crippen molar-refractivity contribution in [1.82, 2.24) is 29.7 Å². The van der Waals surface area contributed by atoms with E-state index in [1.54, 1.807) is 29.3 Å². The zero-order valence-electron chi connectivity index (χ0n) is 13.8. The van der Waals surface area contributed by atoms with E-state index in [1.807, 2.05) is 0 Å². The largest absolute Gasteiger partial charge is 0.396 e. The van der Waals surface area contributed by atoms with E-state index in [0.717, 1.165) is 18.2 Å². The van der Waals surface area contributed by atoms with Crippen LogP contribution in [0.15, 0.2) is 31.0 Å². The van der Waals surface area contributed by atoms with Crippen LogP contribution < -0.4 is 5.32 Å². The zero-order valence-corrected chi connectivity index (χ0v) is 13.8. The fraction of sp³-hybridized carbons (Fsp3) is 0.438. The van der Waals surface area contributed by atoms with Crippen LogP contribution in [-0.2, 0) is 0 Å². The number of nitrogens with zero attached hydrogens (tertiary/aromatic N) is 6. The number of hydrogen-bond acceptors (Lipinski definition) is 7. The molecule has 2 N–H and O–H groups in total. The van der Waals surface area contributed by atoms with E-state index in [4.69, 9.17) is 0 Å². The van der Waals surface area contributed by atoms with Gasteiger partial charge in [0.2, 0.25) is 0 Å². The van der Waals surface area contributed by atoms with Crippen molar-refractivity contribution in [3.8, 4) is 5.95 Å². The van der Waals surface area contributed by atoms with Crippen molar-refractivity contribution in [2.24, 2.45) is 5.41 Å². The predicted molar refractivity (Wildman–Crippen MR) is 90.8 cm³/mol. The third kappa shape index (κ3) is 2.92. The number of nitrogens with one attached hydrogen (secondary N) is 1. The summed E-state index contributed by atoms with van der Waals surface area (Å²) in [6.45, 7) is 4.94. The van der Waals surface area contributed by atoms with E-state index >= 15 is 0 Å². The van der Waals surface area contributed by atoms with Crippen LogP contribution in [0, 0.1) is 5.41 Å². The fourth-order valence-electron chi connectivity index (χ4n) is 2.58. The molecule has 126 valence electrons. The number of fused-ring (bicyclic) bond motifs is 1. The van der Waals surface area contributed by atoms with Crippen molar-refractivity contribution < 1.29 is 5.11 Å². The first-order valence-electron chi connectivity index (χ1n) is 8.04. The molecule has 0 atom stereocenters. The lowest BCUT2D eigenvalue weighted by atomic mass is 9.83. The molecule has 0 radical (unpaired) electrons. The zero-order chi connectivity index (χ0) is 17.0. The molecule has 0 saturated heterocycles. The van der Waals surface area contributed by atoms with Crippen molar-refractivity contribution in [3.63, 3.8) is 0 Å². The summed E-state index contributed by atoms with van der Waals surface area (Å²) in [5.41, 5.74) is 0.483. The molecule has 0 spiro atoms. The predicted octanol–water partition coefficient (Wildman–Crippen LogP) is 1.82. The van der Waals surface area contributed by atoms with E-state index in [1.165, 1.54) is 6.33 Å². The Hall–Kier alpha value is -2.61. The average Bonchev–Trinajstić information content (AvgIpc) is 3.09. The summed E-state index contributed by atoms with van der Waals surface area (Å²) in [6.07, 6.45) is 8.29.